The van der Waals surface area contributed by atoms with E-state index in [-0.39, 0.29) is 6.04 Å². The zero-order valence-electron chi connectivity index (χ0n) is 13.5. The minimum absolute atomic E-state index is 0.275. The maximum Gasteiger partial charge on any atom is 0.0993 e. The summed E-state index contributed by atoms with van der Waals surface area (Å²) in [6.45, 7) is 3.57. The monoisotopic (exact) mass is 297 g/mol. The van der Waals surface area contributed by atoms with Gasteiger partial charge < -0.3 is 15.5 Å². The van der Waals surface area contributed by atoms with E-state index in [1.54, 1.807) is 0 Å². The van der Waals surface area contributed by atoms with Gasteiger partial charge in [-0.05, 0) is 57.0 Å². The van der Waals surface area contributed by atoms with Gasteiger partial charge in [-0.3, -0.25) is 0 Å². The SMILES string of the molecule is CN1CCC(CCNC2=CC=CC(c3ccccc3)N2)CC1. The van der Waals surface area contributed by atoms with Gasteiger partial charge in [-0.1, -0.05) is 42.5 Å². The van der Waals surface area contributed by atoms with Crippen LogP contribution < -0.4 is 10.6 Å². The highest BCUT2D eigenvalue weighted by atomic mass is 15.1. The lowest BCUT2D eigenvalue weighted by atomic mass is 9.94. The van der Waals surface area contributed by atoms with E-state index in [0.717, 1.165) is 18.3 Å². The van der Waals surface area contributed by atoms with E-state index in [4.69, 9.17) is 0 Å². The molecule has 0 bridgehead atoms. The van der Waals surface area contributed by atoms with Gasteiger partial charge in [0.2, 0.25) is 0 Å². The van der Waals surface area contributed by atoms with E-state index in [2.05, 4.69) is 71.1 Å². The Morgan fingerprint density at radius 1 is 1.18 bits per heavy atom. The average Bonchev–Trinajstić information content (AvgIpc) is 2.58. The number of hydrogen-bond donors (Lipinski definition) is 2. The summed E-state index contributed by atoms with van der Waals surface area (Å²) in [6, 6.07) is 10.9. The van der Waals surface area contributed by atoms with Crippen LogP contribution in [0.4, 0.5) is 0 Å². The molecule has 1 saturated heterocycles. The molecule has 0 spiro atoms. The minimum Gasteiger partial charge on any atom is -0.372 e. The highest BCUT2D eigenvalue weighted by Gasteiger charge is 2.16. The molecular formula is C19H27N3. The summed E-state index contributed by atoms with van der Waals surface area (Å²) in [5, 5.41) is 7.13. The zero-order valence-corrected chi connectivity index (χ0v) is 13.5. The van der Waals surface area contributed by atoms with Gasteiger partial charge in [0.05, 0.1) is 11.9 Å². The molecule has 1 atom stereocenters. The van der Waals surface area contributed by atoms with Crippen molar-refractivity contribution in [1.82, 2.24) is 15.5 Å². The van der Waals surface area contributed by atoms with E-state index in [9.17, 15) is 0 Å². The summed E-state index contributed by atoms with van der Waals surface area (Å²) in [6.07, 6.45) is 10.4. The fraction of sp³-hybridized carbons (Fsp3) is 0.474. The quantitative estimate of drug-likeness (QED) is 0.875. The van der Waals surface area contributed by atoms with Crippen LogP contribution in [0.2, 0.25) is 0 Å². The number of dihydropyridines is 1. The molecule has 0 saturated carbocycles. The van der Waals surface area contributed by atoms with Crippen LogP contribution in [-0.2, 0) is 0 Å². The first-order valence-corrected chi connectivity index (χ1v) is 8.43. The summed E-state index contributed by atoms with van der Waals surface area (Å²) < 4.78 is 0. The molecule has 3 rings (SSSR count). The molecule has 1 unspecified atom stereocenters. The van der Waals surface area contributed by atoms with E-state index in [1.807, 2.05) is 0 Å². The van der Waals surface area contributed by atoms with Gasteiger partial charge in [-0.2, -0.15) is 0 Å². The lowest BCUT2D eigenvalue weighted by Gasteiger charge is -2.29. The zero-order chi connectivity index (χ0) is 15.2. The number of benzene rings is 1. The van der Waals surface area contributed by atoms with E-state index < -0.39 is 0 Å². The summed E-state index contributed by atoms with van der Waals surface area (Å²) in [5.74, 6) is 2.03. The van der Waals surface area contributed by atoms with Crippen molar-refractivity contribution in [3.05, 3.63) is 59.9 Å². The normalized spacial score (nSPS) is 23.0. The highest BCUT2D eigenvalue weighted by Crippen LogP contribution is 2.20. The molecule has 0 aliphatic carbocycles. The second-order valence-electron chi connectivity index (χ2n) is 6.46. The van der Waals surface area contributed by atoms with Crippen molar-refractivity contribution in [3.8, 4) is 0 Å². The Morgan fingerprint density at radius 2 is 1.95 bits per heavy atom. The Bertz CT molecular complexity index is 513. The van der Waals surface area contributed by atoms with Gasteiger partial charge >= 0.3 is 0 Å². The van der Waals surface area contributed by atoms with Crippen LogP contribution in [0.5, 0.6) is 0 Å². The predicted octanol–water partition coefficient (Wildman–Crippen LogP) is 3.05. The Labute approximate surface area is 134 Å². The Kier molecular flexibility index (Phi) is 5.17. The summed E-state index contributed by atoms with van der Waals surface area (Å²) >= 11 is 0. The predicted molar refractivity (Wildman–Crippen MR) is 92.4 cm³/mol. The third-order valence-electron chi connectivity index (χ3n) is 4.74. The summed E-state index contributed by atoms with van der Waals surface area (Å²) in [4.78, 5) is 2.43. The summed E-state index contributed by atoms with van der Waals surface area (Å²) in [7, 11) is 2.22. The van der Waals surface area contributed by atoms with Gasteiger partial charge in [-0.15, -0.1) is 0 Å². The number of hydrogen-bond acceptors (Lipinski definition) is 3. The molecule has 2 aliphatic rings. The van der Waals surface area contributed by atoms with Crippen molar-refractivity contribution in [2.45, 2.75) is 25.3 Å². The number of nitrogens with one attached hydrogen (secondary N) is 2. The molecule has 0 aromatic heterocycles. The van der Waals surface area contributed by atoms with E-state index in [0.29, 0.717) is 0 Å². The van der Waals surface area contributed by atoms with Crippen LogP contribution in [0.1, 0.15) is 30.9 Å². The standard InChI is InChI=1S/C19H27N3/c1-22-14-11-16(12-15-22)10-13-20-19-9-5-8-18(21-19)17-6-3-2-4-7-17/h2-9,16,18,20-21H,10-15H2,1H3. The number of piperidine rings is 1. The molecule has 2 aliphatic heterocycles. The van der Waals surface area contributed by atoms with Crippen molar-refractivity contribution in [2.24, 2.45) is 5.92 Å². The Hall–Kier alpha value is -1.74. The first-order valence-electron chi connectivity index (χ1n) is 8.43. The first kappa shape index (κ1) is 15.2. The lowest BCUT2D eigenvalue weighted by molar-refractivity contribution is 0.212. The molecule has 118 valence electrons. The maximum atomic E-state index is 3.57. The average molecular weight is 297 g/mol. The smallest absolute Gasteiger partial charge is 0.0993 e. The lowest BCUT2D eigenvalue weighted by Crippen LogP contribution is -2.34. The molecule has 2 N–H and O–H groups in total. The van der Waals surface area contributed by atoms with E-state index >= 15 is 0 Å². The minimum atomic E-state index is 0.275. The molecule has 3 nitrogen and oxygen atoms in total. The topological polar surface area (TPSA) is 27.3 Å². The first-order chi connectivity index (χ1) is 10.8. The number of nitrogens with zero attached hydrogens (tertiary/aromatic N) is 1. The molecule has 0 radical (unpaired) electrons. The van der Waals surface area contributed by atoms with Gasteiger partial charge in [0.25, 0.3) is 0 Å². The molecular weight excluding hydrogens is 270 g/mol. The van der Waals surface area contributed by atoms with Crippen molar-refractivity contribution < 1.29 is 0 Å². The van der Waals surface area contributed by atoms with Crippen LogP contribution in [0.3, 0.4) is 0 Å². The molecule has 2 heterocycles. The Morgan fingerprint density at radius 3 is 2.73 bits per heavy atom. The molecule has 1 fully saturated rings. The van der Waals surface area contributed by atoms with Crippen molar-refractivity contribution in [2.75, 3.05) is 26.7 Å². The molecule has 22 heavy (non-hydrogen) atoms. The van der Waals surface area contributed by atoms with Gasteiger partial charge in [0.15, 0.2) is 0 Å². The summed E-state index contributed by atoms with van der Waals surface area (Å²) in [5.41, 5.74) is 1.31. The number of rotatable bonds is 5. The fourth-order valence-electron chi connectivity index (χ4n) is 3.25. The second kappa shape index (κ2) is 7.50. The van der Waals surface area contributed by atoms with Crippen molar-refractivity contribution >= 4 is 0 Å². The maximum absolute atomic E-state index is 3.57. The van der Waals surface area contributed by atoms with Crippen LogP contribution in [-0.4, -0.2) is 31.6 Å². The van der Waals surface area contributed by atoms with Crippen LogP contribution >= 0.6 is 0 Å². The van der Waals surface area contributed by atoms with Gasteiger partial charge in [0.1, 0.15) is 0 Å². The third-order valence-corrected chi connectivity index (χ3v) is 4.74. The molecule has 1 aromatic rings. The Balaban J connectivity index is 1.43. The van der Waals surface area contributed by atoms with Crippen molar-refractivity contribution in [3.63, 3.8) is 0 Å². The van der Waals surface area contributed by atoms with Gasteiger partial charge in [-0.25, -0.2) is 0 Å². The van der Waals surface area contributed by atoms with Crippen LogP contribution in [0.15, 0.2) is 54.4 Å². The van der Waals surface area contributed by atoms with Crippen LogP contribution in [0.25, 0.3) is 0 Å². The fourth-order valence-corrected chi connectivity index (χ4v) is 3.25. The molecule has 3 heteroatoms. The number of likely N-dealkylation sites (tertiary alicyclic amines) is 1. The van der Waals surface area contributed by atoms with E-state index in [1.165, 1.54) is 37.9 Å². The second-order valence-corrected chi connectivity index (χ2v) is 6.46. The number of allylic oxidation sites excluding steroid dienone is 2. The molecule has 1 aromatic carbocycles. The largest absolute Gasteiger partial charge is 0.372 e. The van der Waals surface area contributed by atoms with Crippen LogP contribution in [0, 0.1) is 5.92 Å². The third kappa shape index (κ3) is 4.14. The molecule has 0 amide bonds. The van der Waals surface area contributed by atoms with Gasteiger partial charge in [0, 0.05) is 6.54 Å². The highest BCUT2D eigenvalue weighted by molar-refractivity contribution is 5.29. The van der Waals surface area contributed by atoms with Crippen molar-refractivity contribution in [1.29, 1.82) is 0 Å².